The number of aromatic nitrogens is 1. The van der Waals surface area contributed by atoms with E-state index in [1.165, 1.54) is 32.5 Å². The summed E-state index contributed by atoms with van der Waals surface area (Å²) in [5.74, 6) is 1.20. The minimum absolute atomic E-state index is 0.299. The fourth-order valence-electron chi connectivity index (χ4n) is 2.46. The number of methoxy groups -OCH3 is 2. The predicted molar refractivity (Wildman–Crippen MR) is 103 cm³/mol. The van der Waals surface area contributed by atoms with Crippen molar-refractivity contribution < 1.29 is 23.4 Å². The Balaban J connectivity index is 1.70. The maximum absolute atomic E-state index is 13.3. The summed E-state index contributed by atoms with van der Waals surface area (Å²) < 4.78 is 29.3. The van der Waals surface area contributed by atoms with Crippen LogP contribution >= 0.6 is 0 Å². The molecule has 1 heterocycles. The van der Waals surface area contributed by atoms with Crippen molar-refractivity contribution in [3.63, 3.8) is 0 Å². The molecule has 0 aliphatic rings. The highest BCUT2D eigenvalue weighted by Gasteiger charge is 2.11. The number of nitrogens with zero attached hydrogens (tertiary/aromatic N) is 1. The van der Waals surface area contributed by atoms with Crippen LogP contribution in [0.3, 0.4) is 0 Å². The van der Waals surface area contributed by atoms with Gasteiger partial charge in [-0.1, -0.05) is 0 Å². The van der Waals surface area contributed by atoms with Crippen LogP contribution in [0.1, 0.15) is 15.9 Å². The molecule has 1 aromatic heterocycles. The first-order valence-electron chi connectivity index (χ1n) is 8.43. The molecule has 0 saturated carbocycles. The van der Waals surface area contributed by atoms with E-state index in [9.17, 15) is 9.18 Å². The number of aryl methyl sites for hydroxylation is 1. The average Bonchev–Trinajstić information content (AvgIpc) is 2.71. The zero-order valence-corrected chi connectivity index (χ0v) is 15.7. The van der Waals surface area contributed by atoms with Crippen molar-refractivity contribution in [2.75, 3.05) is 19.5 Å². The Hall–Kier alpha value is -3.61. The van der Waals surface area contributed by atoms with Gasteiger partial charge in [0.2, 0.25) is 5.88 Å². The van der Waals surface area contributed by atoms with E-state index in [-0.39, 0.29) is 11.7 Å². The average molecular weight is 382 g/mol. The van der Waals surface area contributed by atoms with Crippen LogP contribution < -0.4 is 19.5 Å². The summed E-state index contributed by atoms with van der Waals surface area (Å²) in [6, 6.07) is 12.6. The quantitative estimate of drug-likeness (QED) is 0.675. The fourth-order valence-corrected chi connectivity index (χ4v) is 2.46. The number of pyridine rings is 1. The molecule has 0 saturated heterocycles. The van der Waals surface area contributed by atoms with Crippen molar-refractivity contribution in [2.24, 2.45) is 0 Å². The topological polar surface area (TPSA) is 69.7 Å². The Labute approximate surface area is 161 Å². The summed E-state index contributed by atoms with van der Waals surface area (Å²) in [5.41, 5.74) is 1.36. The minimum Gasteiger partial charge on any atom is -0.497 e. The van der Waals surface area contributed by atoms with E-state index >= 15 is 0 Å². The molecular weight excluding hydrogens is 363 g/mol. The van der Waals surface area contributed by atoms with Gasteiger partial charge in [0.1, 0.15) is 23.1 Å². The monoisotopic (exact) mass is 382 g/mol. The maximum atomic E-state index is 13.3. The normalized spacial score (nSPS) is 10.3. The lowest BCUT2D eigenvalue weighted by molar-refractivity contribution is 0.102. The van der Waals surface area contributed by atoms with E-state index in [4.69, 9.17) is 14.2 Å². The standard InChI is InChI=1S/C21H19FN2O4/c1-13-8-16(5-6-19(13)22)28-20-7-4-15(12-23-20)24-21(25)14-9-17(26-2)11-18(10-14)27-3/h4-12H,1-3H3,(H,24,25). The molecule has 2 aromatic carbocycles. The number of anilines is 1. The number of benzene rings is 2. The van der Waals surface area contributed by atoms with Crippen LogP contribution in [-0.4, -0.2) is 25.1 Å². The van der Waals surface area contributed by atoms with Crippen molar-refractivity contribution in [2.45, 2.75) is 6.92 Å². The third-order valence-electron chi connectivity index (χ3n) is 3.96. The van der Waals surface area contributed by atoms with E-state index in [1.54, 1.807) is 43.3 Å². The zero-order chi connectivity index (χ0) is 20.1. The second kappa shape index (κ2) is 8.39. The number of nitrogens with one attached hydrogen (secondary N) is 1. The van der Waals surface area contributed by atoms with Crippen LogP contribution in [0.15, 0.2) is 54.7 Å². The SMILES string of the molecule is COc1cc(OC)cc(C(=O)Nc2ccc(Oc3ccc(F)c(C)c3)nc2)c1. The van der Waals surface area contributed by atoms with Gasteiger partial charge in [-0.05, 0) is 48.9 Å². The summed E-state index contributed by atoms with van der Waals surface area (Å²) >= 11 is 0. The highest BCUT2D eigenvalue weighted by atomic mass is 19.1. The second-order valence-corrected chi connectivity index (χ2v) is 5.95. The number of amides is 1. The third-order valence-corrected chi connectivity index (χ3v) is 3.96. The molecule has 144 valence electrons. The van der Waals surface area contributed by atoms with E-state index in [0.29, 0.717) is 39.9 Å². The molecule has 6 nitrogen and oxygen atoms in total. The fraction of sp³-hybridized carbons (Fsp3) is 0.143. The van der Waals surface area contributed by atoms with Crippen LogP contribution in [0.4, 0.5) is 10.1 Å². The smallest absolute Gasteiger partial charge is 0.255 e. The molecule has 28 heavy (non-hydrogen) atoms. The van der Waals surface area contributed by atoms with Crippen molar-refractivity contribution in [3.8, 4) is 23.1 Å². The largest absolute Gasteiger partial charge is 0.497 e. The van der Waals surface area contributed by atoms with E-state index < -0.39 is 0 Å². The van der Waals surface area contributed by atoms with E-state index in [2.05, 4.69) is 10.3 Å². The number of rotatable bonds is 6. The van der Waals surface area contributed by atoms with Crippen molar-refractivity contribution in [1.82, 2.24) is 4.98 Å². The Kier molecular flexibility index (Phi) is 5.74. The first-order valence-corrected chi connectivity index (χ1v) is 8.43. The van der Waals surface area contributed by atoms with Crippen LogP contribution in [0.5, 0.6) is 23.1 Å². The van der Waals surface area contributed by atoms with Crippen LogP contribution in [0.25, 0.3) is 0 Å². The highest BCUT2D eigenvalue weighted by molar-refractivity contribution is 6.04. The van der Waals surface area contributed by atoms with Gasteiger partial charge in [0.05, 0.1) is 26.1 Å². The lowest BCUT2D eigenvalue weighted by atomic mass is 10.2. The van der Waals surface area contributed by atoms with Gasteiger partial charge in [-0.15, -0.1) is 0 Å². The Morgan fingerprint density at radius 2 is 1.68 bits per heavy atom. The van der Waals surface area contributed by atoms with Crippen LogP contribution in [-0.2, 0) is 0 Å². The first kappa shape index (κ1) is 19.2. The summed E-state index contributed by atoms with van der Waals surface area (Å²) in [6.07, 6.45) is 1.47. The Morgan fingerprint density at radius 1 is 0.964 bits per heavy atom. The van der Waals surface area contributed by atoms with E-state index in [0.717, 1.165) is 0 Å². The number of halogens is 1. The summed E-state index contributed by atoms with van der Waals surface area (Å²) in [7, 11) is 3.03. The molecule has 0 unspecified atom stereocenters. The third kappa shape index (κ3) is 4.56. The lowest BCUT2D eigenvalue weighted by Gasteiger charge is -2.10. The molecular formula is C21H19FN2O4. The summed E-state index contributed by atoms with van der Waals surface area (Å²) in [5, 5.41) is 2.75. The first-order chi connectivity index (χ1) is 13.5. The number of hydrogen-bond acceptors (Lipinski definition) is 5. The van der Waals surface area contributed by atoms with Gasteiger partial charge >= 0.3 is 0 Å². The molecule has 0 aliphatic carbocycles. The van der Waals surface area contributed by atoms with Gasteiger partial charge in [0.25, 0.3) is 5.91 Å². The van der Waals surface area contributed by atoms with Crippen molar-refractivity contribution in [3.05, 3.63) is 71.7 Å². The number of hydrogen-bond donors (Lipinski definition) is 1. The van der Waals surface area contributed by atoms with Gasteiger partial charge in [-0.25, -0.2) is 9.37 Å². The van der Waals surface area contributed by atoms with Crippen molar-refractivity contribution in [1.29, 1.82) is 0 Å². The number of carbonyl (C=O) groups is 1. The summed E-state index contributed by atoms with van der Waals surface area (Å²) in [4.78, 5) is 16.6. The molecule has 0 spiro atoms. The number of carbonyl (C=O) groups excluding carboxylic acids is 1. The molecule has 7 heteroatoms. The highest BCUT2D eigenvalue weighted by Crippen LogP contribution is 2.25. The Bertz CT molecular complexity index is 968. The van der Waals surface area contributed by atoms with Gasteiger partial charge in [-0.2, -0.15) is 0 Å². The van der Waals surface area contributed by atoms with Crippen LogP contribution in [0, 0.1) is 12.7 Å². The van der Waals surface area contributed by atoms with Crippen molar-refractivity contribution >= 4 is 11.6 Å². The predicted octanol–water partition coefficient (Wildman–Crippen LogP) is 4.59. The zero-order valence-electron chi connectivity index (χ0n) is 15.7. The maximum Gasteiger partial charge on any atom is 0.255 e. The minimum atomic E-state index is -0.332. The molecule has 3 rings (SSSR count). The van der Waals surface area contributed by atoms with Crippen LogP contribution in [0.2, 0.25) is 0 Å². The molecule has 3 aromatic rings. The molecule has 0 aliphatic heterocycles. The molecule has 0 fully saturated rings. The van der Waals surface area contributed by atoms with Gasteiger partial charge < -0.3 is 19.5 Å². The van der Waals surface area contributed by atoms with Gasteiger partial charge in [-0.3, -0.25) is 4.79 Å². The van der Waals surface area contributed by atoms with Gasteiger partial charge in [0, 0.05) is 17.7 Å². The second-order valence-electron chi connectivity index (χ2n) is 5.95. The van der Waals surface area contributed by atoms with Gasteiger partial charge in [0.15, 0.2) is 0 Å². The molecule has 0 atom stereocenters. The molecule has 1 amide bonds. The summed E-state index contributed by atoms with van der Waals surface area (Å²) in [6.45, 7) is 1.65. The molecule has 1 N–H and O–H groups in total. The molecule has 0 radical (unpaired) electrons. The number of ether oxygens (including phenoxy) is 3. The van der Waals surface area contributed by atoms with E-state index in [1.807, 2.05) is 0 Å². The Morgan fingerprint density at radius 3 is 2.25 bits per heavy atom. The lowest BCUT2D eigenvalue weighted by Crippen LogP contribution is -2.12. The molecule has 0 bridgehead atoms.